The van der Waals surface area contributed by atoms with Crippen LogP contribution in [-0.2, 0) is 32.1 Å². The van der Waals surface area contributed by atoms with Gasteiger partial charge in [-0.15, -0.1) is 16.9 Å². The summed E-state index contributed by atoms with van der Waals surface area (Å²) in [7, 11) is 0. The third kappa shape index (κ3) is 7.70. The predicted octanol–water partition coefficient (Wildman–Crippen LogP) is 1.87. The van der Waals surface area contributed by atoms with Gasteiger partial charge in [0, 0.05) is 36.5 Å². The van der Waals surface area contributed by atoms with Crippen molar-refractivity contribution >= 4 is 35.4 Å². The molecule has 0 unspecified atom stereocenters. The van der Waals surface area contributed by atoms with E-state index in [1.54, 1.807) is 15.8 Å². The molecule has 4 amide bonds. The molecule has 2 aromatic carbocycles. The van der Waals surface area contributed by atoms with E-state index in [0.29, 0.717) is 42.6 Å². The number of ether oxygens (including phenoxy) is 2. The van der Waals surface area contributed by atoms with Crippen LogP contribution < -0.4 is 25.4 Å². The summed E-state index contributed by atoms with van der Waals surface area (Å²) in [6.45, 7) is 5.05. The number of likely N-dealkylation sites (tertiary alicyclic amines) is 1. The van der Waals surface area contributed by atoms with Crippen molar-refractivity contribution in [3.63, 3.8) is 0 Å². The Labute approximate surface area is 277 Å². The molecule has 4 atom stereocenters. The number of amides is 4. The van der Waals surface area contributed by atoms with Gasteiger partial charge < -0.3 is 30.3 Å². The van der Waals surface area contributed by atoms with Gasteiger partial charge in [-0.3, -0.25) is 19.2 Å². The van der Waals surface area contributed by atoms with E-state index in [1.807, 2.05) is 62.4 Å². The van der Waals surface area contributed by atoms with Gasteiger partial charge >= 0.3 is 0 Å². The van der Waals surface area contributed by atoms with Crippen LogP contribution in [0.25, 0.3) is 0 Å². The van der Waals surface area contributed by atoms with Gasteiger partial charge in [-0.2, -0.15) is 0 Å². The SMILES string of the molecule is CC(C)[C@@H]1NC(=O)[C@@H]2C[C@@H](CN2C(=O)CCSc2ccc3c(c2)OCCO3)n2cc(nn2)CNC(=O)[C@@H](Cc2ccccc2)NC1=O. The maximum atomic E-state index is 13.9. The minimum Gasteiger partial charge on any atom is -0.486 e. The molecule has 3 aliphatic rings. The minimum atomic E-state index is -0.919. The Morgan fingerprint density at radius 1 is 1.00 bits per heavy atom. The fourth-order valence-electron chi connectivity index (χ4n) is 6.02. The summed E-state index contributed by atoms with van der Waals surface area (Å²) in [6.07, 6.45) is 2.51. The van der Waals surface area contributed by atoms with E-state index in [-0.39, 0.29) is 49.7 Å². The van der Waals surface area contributed by atoms with E-state index in [4.69, 9.17) is 9.47 Å². The molecule has 0 aliphatic carbocycles. The summed E-state index contributed by atoms with van der Waals surface area (Å²) < 4.78 is 12.9. The van der Waals surface area contributed by atoms with Crippen LogP contribution in [0.15, 0.2) is 59.6 Å². The van der Waals surface area contributed by atoms with E-state index in [1.165, 1.54) is 11.8 Å². The highest BCUT2D eigenvalue weighted by atomic mass is 32.2. The number of hydrogen-bond acceptors (Lipinski definition) is 9. The number of thioether (sulfide) groups is 1. The first kappa shape index (κ1) is 32.4. The molecule has 1 fully saturated rings. The molecule has 0 radical (unpaired) electrons. The van der Waals surface area contributed by atoms with Gasteiger partial charge in [-0.25, -0.2) is 4.68 Å². The van der Waals surface area contributed by atoms with Crippen LogP contribution >= 0.6 is 11.8 Å². The number of nitrogens with zero attached hydrogens (tertiary/aromatic N) is 4. The molecule has 4 heterocycles. The summed E-state index contributed by atoms with van der Waals surface area (Å²) >= 11 is 1.53. The van der Waals surface area contributed by atoms with E-state index >= 15 is 0 Å². The van der Waals surface area contributed by atoms with Crippen molar-refractivity contribution in [1.82, 2.24) is 35.8 Å². The first-order valence-electron chi connectivity index (χ1n) is 15.9. The molecule has 248 valence electrons. The lowest BCUT2D eigenvalue weighted by Gasteiger charge is -2.29. The zero-order valence-electron chi connectivity index (χ0n) is 26.4. The van der Waals surface area contributed by atoms with Crippen molar-refractivity contribution < 1.29 is 28.7 Å². The molecule has 0 saturated carbocycles. The van der Waals surface area contributed by atoms with Gasteiger partial charge in [0.25, 0.3) is 0 Å². The molecule has 14 heteroatoms. The maximum Gasteiger partial charge on any atom is 0.243 e. The highest BCUT2D eigenvalue weighted by Gasteiger charge is 2.42. The van der Waals surface area contributed by atoms with Gasteiger partial charge in [0.2, 0.25) is 23.6 Å². The first-order chi connectivity index (χ1) is 22.7. The van der Waals surface area contributed by atoms with Crippen molar-refractivity contribution in [3.05, 3.63) is 66.0 Å². The monoisotopic (exact) mass is 661 g/mol. The summed E-state index contributed by atoms with van der Waals surface area (Å²) in [4.78, 5) is 57.0. The molecule has 47 heavy (non-hydrogen) atoms. The predicted molar refractivity (Wildman–Crippen MR) is 173 cm³/mol. The minimum absolute atomic E-state index is 0.112. The van der Waals surface area contributed by atoms with E-state index in [0.717, 1.165) is 10.5 Å². The Bertz CT molecular complexity index is 1620. The van der Waals surface area contributed by atoms with Crippen molar-refractivity contribution in [3.8, 4) is 11.5 Å². The van der Waals surface area contributed by atoms with Gasteiger partial charge in [-0.05, 0) is 29.7 Å². The van der Waals surface area contributed by atoms with Gasteiger partial charge in [0.15, 0.2) is 11.5 Å². The standard InChI is InChI=1S/C33H39N7O6S/c1-20(2)30-33(44)35-25(14-21-6-4-3-5-7-21)31(42)34-17-22-18-40(38-37-22)23-15-26(32(43)36-30)39(19-23)29(41)10-13-47-24-8-9-27-28(16-24)46-12-11-45-27/h3-9,16,18,20,23,25-26,30H,10-15,17,19H2,1-2H3,(H,34,42)(H,35,44)(H,36,43)/t23-,25+,26-,30-/m0/s1. The van der Waals surface area contributed by atoms with Crippen LogP contribution in [-0.4, -0.2) is 87.2 Å². The van der Waals surface area contributed by atoms with E-state index in [2.05, 4.69) is 26.3 Å². The summed E-state index contributed by atoms with van der Waals surface area (Å²) in [5, 5.41) is 17.2. The Hall–Kier alpha value is -4.59. The highest BCUT2D eigenvalue weighted by molar-refractivity contribution is 7.99. The summed E-state index contributed by atoms with van der Waals surface area (Å²) in [5.41, 5.74) is 1.40. The average Bonchev–Trinajstić information content (AvgIpc) is 3.73. The molecule has 3 aliphatic heterocycles. The smallest absolute Gasteiger partial charge is 0.243 e. The Morgan fingerprint density at radius 3 is 2.57 bits per heavy atom. The van der Waals surface area contributed by atoms with Gasteiger partial charge in [0.1, 0.15) is 37.0 Å². The lowest BCUT2D eigenvalue weighted by molar-refractivity contribution is -0.140. The lowest BCUT2D eigenvalue weighted by atomic mass is 10.00. The molecule has 1 aromatic heterocycles. The third-order valence-corrected chi connectivity index (χ3v) is 9.53. The zero-order chi connectivity index (χ0) is 32.9. The Morgan fingerprint density at radius 2 is 1.79 bits per heavy atom. The number of rotatable bonds is 7. The molecular formula is C33H39N7O6S. The van der Waals surface area contributed by atoms with Crippen LogP contribution in [0.2, 0.25) is 0 Å². The second-order valence-corrected chi connectivity index (χ2v) is 13.4. The third-order valence-electron chi connectivity index (χ3n) is 8.54. The number of fused-ring (bicyclic) bond motifs is 6. The normalized spacial score (nSPS) is 23.0. The van der Waals surface area contributed by atoms with Crippen LogP contribution in [0.5, 0.6) is 11.5 Å². The number of carbonyl (C=O) groups is 4. The largest absolute Gasteiger partial charge is 0.486 e. The van der Waals surface area contributed by atoms with Gasteiger partial charge in [0.05, 0.1) is 18.8 Å². The number of aromatic nitrogens is 3. The molecule has 1 saturated heterocycles. The molecule has 13 nitrogen and oxygen atoms in total. The van der Waals surface area contributed by atoms with E-state index < -0.39 is 29.9 Å². The second kappa shape index (κ2) is 14.4. The second-order valence-electron chi connectivity index (χ2n) is 12.2. The quantitative estimate of drug-likeness (QED) is 0.322. The van der Waals surface area contributed by atoms with E-state index in [9.17, 15) is 19.2 Å². The molecular weight excluding hydrogens is 622 g/mol. The van der Waals surface area contributed by atoms with Crippen molar-refractivity contribution in [1.29, 1.82) is 0 Å². The Kier molecular flexibility index (Phi) is 9.95. The number of benzene rings is 2. The topological polar surface area (TPSA) is 157 Å². The molecule has 4 bridgehead atoms. The highest BCUT2D eigenvalue weighted by Crippen LogP contribution is 2.35. The van der Waals surface area contributed by atoms with Crippen LogP contribution in [0, 0.1) is 5.92 Å². The number of hydrogen-bond donors (Lipinski definition) is 3. The molecule has 0 spiro atoms. The van der Waals surface area contributed by atoms with Crippen molar-refractivity contribution in [2.75, 3.05) is 25.5 Å². The average molecular weight is 662 g/mol. The molecule has 3 aromatic rings. The summed E-state index contributed by atoms with van der Waals surface area (Å²) in [5.74, 6) is 0.192. The van der Waals surface area contributed by atoms with Crippen LogP contribution in [0.4, 0.5) is 0 Å². The Balaban J connectivity index is 1.19. The number of nitrogens with one attached hydrogen (secondary N) is 3. The fraction of sp³-hybridized carbons (Fsp3) is 0.455. The maximum absolute atomic E-state index is 13.9. The van der Waals surface area contributed by atoms with Crippen LogP contribution in [0.1, 0.15) is 44.0 Å². The lowest BCUT2D eigenvalue weighted by Crippen LogP contribution is -2.58. The zero-order valence-corrected chi connectivity index (χ0v) is 27.2. The molecule has 3 N–H and O–H groups in total. The fourth-order valence-corrected chi connectivity index (χ4v) is 6.89. The van der Waals surface area contributed by atoms with Crippen molar-refractivity contribution in [2.45, 2.75) is 68.7 Å². The van der Waals surface area contributed by atoms with Gasteiger partial charge in [-0.1, -0.05) is 49.4 Å². The number of carbonyl (C=O) groups excluding carboxylic acids is 4. The van der Waals surface area contributed by atoms with Crippen LogP contribution in [0.3, 0.4) is 0 Å². The first-order valence-corrected chi connectivity index (χ1v) is 16.9. The summed E-state index contributed by atoms with van der Waals surface area (Å²) in [6, 6.07) is 12.2. The van der Waals surface area contributed by atoms with Crippen molar-refractivity contribution in [2.24, 2.45) is 5.92 Å². The molecule has 6 rings (SSSR count).